The first-order valence-corrected chi connectivity index (χ1v) is 10.9. The Morgan fingerprint density at radius 1 is 0.949 bits per heavy atom. The van der Waals surface area contributed by atoms with E-state index in [-0.39, 0.29) is 25.2 Å². The number of carbonyl (C=O) groups is 2. The number of phenolic OH excluding ortho intramolecular Hbond substituents is 1. The number of hydrogen-bond donors (Lipinski definition) is 2. The van der Waals surface area contributed by atoms with Crippen LogP contribution in [0.15, 0.2) is 79.1 Å². The van der Waals surface area contributed by atoms with Crippen LogP contribution in [-0.4, -0.2) is 32.0 Å². The molecule has 39 heavy (non-hydrogen) atoms. The van der Waals surface area contributed by atoms with Crippen molar-refractivity contribution in [3.05, 3.63) is 102 Å². The van der Waals surface area contributed by atoms with E-state index in [1.165, 1.54) is 12.1 Å². The first-order valence-electron chi connectivity index (χ1n) is 10.9. The van der Waals surface area contributed by atoms with E-state index < -0.39 is 29.7 Å². The Bertz CT molecular complexity index is 1460. The number of alkyl halides is 3. The van der Waals surface area contributed by atoms with E-state index in [2.05, 4.69) is 20.3 Å². The van der Waals surface area contributed by atoms with Gasteiger partial charge in [0.15, 0.2) is 0 Å². The number of aromatic nitrogens is 3. The van der Waals surface area contributed by atoms with Crippen LogP contribution in [0.4, 0.5) is 19.1 Å². The number of pyridine rings is 1. The molecule has 2 aromatic heterocycles. The SMILES string of the molecule is Cc1ccnc(N[C@H](c2ccc(C(F)(F)F)cc2)c2ccc3cccnc3c2O)n1.O=C([O-])/C=C/C(=O)[O-].[Zn+2]. The van der Waals surface area contributed by atoms with Gasteiger partial charge >= 0.3 is 25.7 Å². The number of benzene rings is 2. The van der Waals surface area contributed by atoms with Crippen molar-refractivity contribution in [2.45, 2.75) is 19.1 Å². The second kappa shape index (κ2) is 13.4. The molecule has 0 unspecified atom stereocenters. The van der Waals surface area contributed by atoms with Crippen LogP contribution in [0.5, 0.6) is 5.75 Å². The summed E-state index contributed by atoms with van der Waals surface area (Å²) in [5.74, 6) is -2.86. The number of nitrogens with one attached hydrogen (secondary N) is 1. The maximum Gasteiger partial charge on any atom is 2.00 e. The third-order valence-corrected chi connectivity index (χ3v) is 5.09. The molecule has 196 valence electrons. The summed E-state index contributed by atoms with van der Waals surface area (Å²) < 4.78 is 39.0. The summed E-state index contributed by atoms with van der Waals surface area (Å²) in [6.07, 6.45) is -0.521. The normalized spacial score (nSPS) is 11.7. The van der Waals surface area contributed by atoms with Crippen LogP contribution >= 0.6 is 0 Å². The van der Waals surface area contributed by atoms with Gasteiger partial charge in [-0.3, -0.25) is 4.98 Å². The maximum absolute atomic E-state index is 13.0. The van der Waals surface area contributed by atoms with Crippen LogP contribution in [0, 0.1) is 6.92 Å². The van der Waals surface area contributed by atoms with Crippen molar-refractivity contribution in [2.24, 2.45) is 0 Å². The quantitative estimate of drug-likeness (QED) is 0.255. The molecule has 0 spiro atoms. The first-order chi connectivity index (χ1) is 18.0. The minimum Gasteiger partial charge on any atom is -0.545 e. The van der Waals surface area contributed by atoms with E-state index in [0.29, 0.717) is 34.7 Å². The van der Waals surface area contributed by atoms with Gasteiger partial charge in [-0.05, 0) is 48.9 Å². The zero-order chi connectivity index (χ0) is 27.9. The number of rotatable bonds is 6. The Kier molecular flexibility index (Phi) is 10.6. The van der Waals surface area contributed by atoms with Crippen molar-refractivity contribution in [1.82, 2.24) is 15.0 Å². The third kappa shape index (κ3) is 8.57. The number of aromatic hydroxyl groups is 1. The number of halogens is 3. The largest absolute Gasteiger partial charge is 2.00 e. The second-order valence-electron chi connectivity index (χ2n) is 7.77. The molecule has 1 atom stereocenters. The van der Waals surface area contributed by atoms with Gasteiger partial charge in [0.1, 0.15) is 11.3 Å². The van der Waals surface area contributed by atoms with E-state index in [0.717, 1.165) is 23.2 Å². The average molecular weight is 590 g/mol. The van der Waals surface area contributed by atoms with Gasteiger partial charge in [0.25, 0.3) is 0 Å². The Morgan fingerprint density at radius 3 is 2.15 bits per heavy atom. The number of aryl methyl sites for hydroxylation is 1. The molecule has 0 amide bonds. The fourth-order valence-corrected chi connectivity index (χ4v) is 3.37. The van der Waals surface area contributed by atoms with Gasteiger partial charge in [0.2, 0.25) is 5.95 Å². The molecule has 0 fully saturated rings. The number of aliphatic carboxylic acids is 2. The van der Waals surface area contributed by atoms with E-state index in [9.17, 15) is 38.1 Å². The molecule has 0 aliphatic rings. The predicted molar refractivity (Wildman–Crippen MR) is 126 cm³/mol. The van der Waals surface area contributed by atoms with Gasteiger partial charge in [-0.2, -0.15) is 13.2 Å². The number of phenols is 1. The number of hydrogen-bond acceptors (Lipinski definition) is 9. The molecular formula is C26H19F3N4O5Zn. The van der Waals surface area contributed by atoms with Crippen molar-refractivity contribution in [3.63, 3.8) is 0 Å². The minimum atomic E-state index is -4.43. The maximum atomic E-state index is 13.0. The van der Waals surface area contributed by atoms with Crippen LogP contribution in [0.2, 0.25) is 0 Å². The summed E-state index contributed by atoms with van der Waals surface area (Å²) in [6.45, 7) is 1.80. The molecule has 2 N–H and O–H groups in total. The predicted octanol–water partition coefficient (Wildman–Crippen LogP) is 2.30. The number of anilines is 1. The minimum absolute atomic E-state index is 0. The van der Waals surface area contributed by atoms with Crippen molar-refractivity contribution >= 4 is 28.8 Å². The van der Waals surface area contributed by atoms with Crippen molar-refractivity contribution in [3.8, 4) is 5.75 Å². The monoisotopic (exact) mass is 588 g/mol. The molecule has 13 heteroatoms. The van der Waals surface area contributed by atoms with Crippen LogP contribution in [0.1, 0.15) is 28.4 Å². The molecule has 0 bridgehead atoms. The molecule has 9 nitrogen and oxygen atoms in total. The molecule has 2 aromatic carbocycles. The van der Waals surface area contributed by atoms with E-state index in [1.807, 2.05) is 6.07 Å². The Hall–Kier alpha value is -4.38. The summed E-state index contributed by atoms with van der Waals surface area (Å²) in [5, 5.41) is 33.6. The summed E-state index contributed by atoms with van der Waals surface area (Å²) in [5.41, 5.74) is 1.34. The van der Waals surface area contributed by atoms with Gasteiger partial charge in [0, 0.05) is 29.0 Å². The molecule has 0 saturated carbocycles. The molecule has 0 aliphatic heterocycles. The van der Waals surface area contributed by atoms with E-state index >= 15 is 0 Å². The number of carboxylic acid groups (broad SMARTS) is 2. The number of nitrogens with zero attached hydrogens (tertiary/aromatic N) is 3. The Balaban J connectivity index is 0.000000519. The summed E-state index contributed by atoms with van der Waals surface area (Å²) >= 11 is 0. The Labute approximate surface area is 232 Å². The van der Waals surface area contributed by atoms with Crippen molar-refractivity contribution in [2.75, 3.05) is 5.32 Å². The smallest absolute Gasteiger partial charge is 0.545 e. The zero-order valence-electron chi connectivity index (χ0n) is 20.3. The van der Waals surface area contributed by atoms with Crippen molar-refractivity contribution in [1.29, 1.82) is 0 Å². The van der Waals surface area contributed by atoms with Gasteiger partial charge in [-0.15, -0.1) is 0 Å². The van der Waals surface area contributed by atoms with Gasteiger partial charge in [-0.25, -0.2) is 9.97 Å². The first kappa shape index (κ1) is 30.8. The van der Waals surface area contributed by atoms with Crippen LogP contribution in [0.3, 0.4) is 0 Å². The molecule has 4 rings (SSSR count). The van der Waals surface area contributed by atoms with Crippen LogP contribution in [0.25, 0.3) is 10.9 Å². The summed E-state index contributed by atoms with van der Waals surface area (Å²) in [7, 11) is 0. The number of fused-ring (bicyclic) bond motifs is 1. The topological polar surface area (TPSA) is 151 Å². The van der Waals surface area contributed by atoms with Gasteiger partial charge < -0.3 is 30.2 Å². The fraction of sp³-hybridized carbons (Fsp3) is 0.115. The van der Waals surface area contributed by atoms with Gasteiger partial charge in [-0.1, -0.05) is 30.3 Å². The van der Waals surface area contributed by atoms with Crippen LogP contribution < -0.4 is 15.5 Å². The summed E-state index contributed by atoms with van der Waals surface area (Å²) in [4.78, 5) is 31.5. The van der Waals surface area contributed by atoms with Gasteiger partial charge in [0.05, 0.1) is 23.5 Å². The molecule has 2 heterocycles. The second-order valence-corrected chi connectivity index (χ2v) is 7.77. The molecule has 0 radical (unpaired) electrons. The zero-order valence-corrected chi connectivity index (χ0v) is 23.3. The number of carboxylic acids is 2. The number of carbonyl (C=O) groups excluding carboxylic acids is 2. The van der Waals surface area contributed by atoms with E-state index in [4.69, 9.17) is 0 Å². The molecule has 0 aliphatic carbocycles. The summed E-state index contributed by atoms with van der Waals surface area (Å²) in [6, 6.07) is 12.9. The molecular weight excluding hydrogens is 571 g/mol. The van der Waals surface area contributed by atoms with Crippen molar-refractivity contribution < 1.29 is 57.6 Å². The fourth-order valence-electron chi connectivity index (χ4n) is 3.37. The third-order valence-electron chi connectivity index (χ3n) is 5.09. The standard InChI is InChI=1S/C22H17F3N4O.C4H4O4.Zn/c1-13-10-12-27-21(28-13)29-18(15-4-7-16(8-5-15)22(23,24)25)17-9-6-14-3-2-11-26-19(14)20(17)30;5-3(6)1-2-4(7)8;/h2-12,18,30H,1H3,(H,27,28,29);1-2H,(H,5,6)(H,7,8);/q;;+2/p-2/b;2-1+;/t18-;;/m1../s1. The van der Waals surface area contributed by atoms with E-state index in [1.54, 1.807) is 43.6 Å². The molecule has 0 saturated heterocycles. The Morgan fingerprint density at radius 2 is 1.59 bits per heavy atom. The average Bonchev–Trinajstić information content (AvgIpc) is 2.87. The molecule has 4 aromatic rings. The van der Waals surface area contributed by atoms with Crippen LogP contribution in [-0.2, 0) is 35.2 Å².